The van der Waals surface area contributed by atoms with E-state index in [1.165, 1.54) is 6.07 Å². The molecule has 0 aliphatic carbocycles. The van der Waals surface area contributed by atoms with Gasteiger partial charge in [-0.25, -0.2) is 4.79 Å². The Balaban J connectivity index is 1.55. The van der Waals surface area contributed by atoms with Crippen LogP contribution in [0.1, 0.15) is 50.9 Å². The number of carbonyl (C=O) groups excluding carboxylic acids is 1. The highest BCUT2D eigenvalue weighted by atomic mass is 16.7. The van der Waals surface area contributed by atoms with Crippen LogP contribution in [0.4, 0.5) is 0 Å². The molecule has 2 aliphatic heterocycles. The molecule has 11 nitrogen and oxygen atoms in total. The fraction of sp³-hybridized carbons (Fsp3) is 0.560. The number of aromatic hydroxyl groups is 1. The molecule has 0 radical (unpaired) electrons. The number of hydrogen-bond acceptors (Lipinski definition) is 9. The fourth-order valence-corrected chi connectivity index (χ4v) is 4.76. The van der Waals surface area contributed by atoms with Crippen molar-refractivity contribution >= 4 is 22.9 Å². The minimum Gasteiger partial charge on any atom is -0.507 e. The van der Waals surface area contributed by atoms with E-state index >= 15 is 0 Å². The molecule has 36 heavy (non-hydrogen) atoms. The van der Waals surface area contributed by atoms with Gasteiger partial charge in [0.15, 0.2) is 17.0 Å². The lowest BCUT2D eigenvalue weighted by molar-refractivity contribution is -0.168. The number of guanidine groups is 1. The third-order valence-electron chi connectivity index (χ3n) is 6.75. The van der Waals surface area contributed by atoms with Gasteiger partial charge in [0, 0.05) is 37.3 Å². The topological polar surface area (TPSA) is 183 Å². The van der Waals surface area contributed by atoms with Crippen LogP contribution < -0.4 is 21.6 Å². The Kier molecular flexibility index (Phi) is 6.89. The number of hydrogen-bond donors (Lipinski definition) is 4. The van der Waals surface area contributed by atoms with Crippen molar-refractivity contribution < 1.29 is 33.6 Å². The second-order valence-corrected chi connectivity index (χ2v) is 9.87. The van der Waals surface area contributed by atoms with Crippen LogP contribution in [-0.2, 0) is 20.7 Å². The first-order valence-electron chi connectivity index (χ1n) is 12.0. The molecule has 0 bridgehead atoms. The largest absolute Gasteiger partial charge is 0.507 e. The number of benzene rings is 1. The quantitative estimate of drug-likeness (QED) is 0.128. The van der Waals surface area contributed by atoms with Gasteiger partial charge in [-0.3, -0.25) is 9.79 Å². The first-order chi connectivity index (χ1) is 17.0. The van der Waals surface area contributed by atoms with E-state index < -0.39 is 23.3 Å². The lowest BCUT2D eigenvalue weighted by Crippen LogP contribution is -2.50. The number of ether oxygens (including phenoxy) is 3. The summed E-state index contributed by atoms with van der Waals surface area (Å²) in [7, 11) is 0. The summed E-state index contributed by atoms with van der Waals surface area (Å²) in [4.78, 5) is 29.8. The number of nitrogens with two attached hydrogens (primary N) is 2. The highest BCUT2D eigenvalue weighted by Gasteiger charge is 2.63. The molecule has 1 aromatic carbocycles. The van der Waals surface area contributed by atoms with E-state index in [4.69, 9.17) is 30.1 Å². The number of aliphatic imine (C=N–C) groups is 1. The van der Waals surface area contributed by atoms with Crippen LogP contribution in [0.3, 0.4) is 0 Å². The van der Waals surface area contributed by atoms with Crippen molar-refractivity contribution in [1.82, 2.24) is 0 Å². The van der Waals surface area contributed by atoms with Crippen LogP contribution in [0.15, 0.2) is 26.3 Å². The van der Waals surface area contributed by atoms with Crippen molar-refractivity contribution in [3.63, 3.8) is 0 Å². The predicted molar refractivity (Wildman–Crippen MR) is 131 cm³/mol. The van der Waals surface area contributed by atoms with Crippen LogP contribution in [0, 0.1) is 6.92 Å². The van der Waals surface area contributed by atoms with E-state index in [-0.39, 0.29) is 47.2 Å². The standard InChI is InChI=1S/C25H33N3O8/c1-13-10-15(30)20-17(33-13)12-16-14(21(20)31)11-19(24(2,3)35-16)34-22(32)25(7-5-9-29)18(36-25)6-4-8-28-23(26)27/h10,12,18-19,29,31H,4-9,11H2,1-3H3,(H4,26,27,28)/t18-,19-,25-/m1/s1. The molecule has 196 valence electrons. The molecule has 3 heterocycles. The van der Waals surface area contributed by atoms with Crippen LogP contribution in [-0.4, -0.2) is 58.7 Å². The Morgan fingerprint density at radius 3 is 2.72 bits per heavy atom. The van der Waals surface area contributed by atoms with Crippen LogP contribution >= 0.6 is 0 Å². The number of phenolic OH excluding ortho intramolecular Hbond substituents is 1. The Labute approximate surface area is 208 Å². The first-order valence-corrected chi connectivity index (χ1v) is 12.0. The molecule has 1 fully saturated rings. The molecule has 6 N–H and O–H groups in total. The third-order valence-corrected chi connectivity index (χ3v) is 6.75. The molecule has 0 unspecified atom stereocenters. The van der Waals surface area contributed by atoms with E-state index in [0.29, 0.717) is 49.3 Å². The summed E-state index contributed by atoms with van der Waals surface area (Å²) in [5.41, 5.74) is 8.82. The molecule has 0 amide bonds. The molecule has 4 rings (SSSR count). The summed E-state index contributed by atoms with van der Waals surface area (Å²) in [6, 6.07) is 2.89. The lowest BCUT2D eigenvalue weighted by Gasteiger charge is -2.39. The zero-order valence-corrected chi connectivity index (χ0v) is 20.7. The second kappa shape index (κ2) is 9.62. The molecule has 3 atom stereocenters. The number of aliphatic hydroxyl groups is 1. The average Bonchev–Trinajstić information content (AvgIpc) is 3.49. The summed E-state index contributed by atoms with van der Waals surface area (Å²) in [5, 5.41) is 20.3. The second-order valence-electron chi connectivity index (χ2n) is 9.87. The van der Waals surface area contributed by atoms with Crippen molar-refractivity contribution in [3.05, 3.63) is 33.7 Å². The Bertz CT molecular complexity index is 1250. The number of nitrogens with zero attached hydrogens (tertiary/aromatic N) is 1. The van der Waals surface area contributed by atoms with Gasteiger partial charge < -0.3 is 40.3 Å². The van der Waals surface area contributed by atoms with Gasteiger partial charge >= 0.3 is 5.97 Å². The number of fused-ring (bicyclic) bond motifs is 2. The molecular weight excluding hydrogens is 470 g/mol. The molecule has 2 aromatic rings. The van der Waals surface area contributed by atoms with Crippen LogP contribution in [0.2, 0.25) is 0 Å². The molecule has 0 saturated carbocycles. The molecule has 1 saturated heterocycles. The van der Waals surface area contributed by atoms with Gasteiger partial charge in [-0.05, 0) is 46.5 Å². The highest BCUT2D eigenvalue weighted by molar-refractivity contribution is 5.87. The van der Waals surface area contributed by atoms with Crippen molar-refractivity contribution in [2.24, 2.45) is 16.5 Å². The molecular formula is C25H33N3O8. The molecule has 11 heteroatoms. The maximum Gasteiger partial charge on any atom is 0.341 e. The molecule has 1 aromatic heterocycles. The minimum absolute atomic E-state index is 0.00131. The summed E-state index contributed by atoms with van der Waals surface area (Å²) in [5.74, 6) is -0.0201. The smallest absolute Gasteiger partial charge is 0.341 e. The first kappa shape index (κ1) is 25.8. The third kappa shape index (κ3) is 4.85. The van der Waals surface area contributed by atoms with Gasteiger partial charge in [0.25, 0.3) is 0 Å². The van der Waals surface area contributed by atoms with Crippen LogP contribution in [0.5, 0.6) is 11.5 Å². The lowest BCUT2D eigenvalue weighted by atomic mass is 9.89. The fourth-order valence-electron chi connectivity index (χ4n) is 4.76. The van der Waals surface area contributed by atoms with Gasteiger partial charge in [-0.15, -0.1) is 0 Å². The number of epoxide rings is 1. The van der Waals surface area contributed by atoms with E-state index in [9.17, 15) is 19.8 Å². The Morgan fingerprint density at radius 1 is 1.28 bits per heavy atom. The summed E-state index contributed by atoms with van der Waals surface area (Å²) in [6.45, 7) is 5.53. The van der Waals surface area contributed by atoms with Crippen molar-refractivity contribution in [2.75, 3.05) is 13.2 Å². The summed E-state index contributed by atoms with van der Waals surface area (Å²) >= 11 is 0. The van der Waals surface area contributed by atoms with Gasteiger partial charge in [0.2, 0.25) is 0 Å². The van der Waals surface area contributed by atoms with Crippen molar-refractivity contribution in [3.8, 4) is 11.5 Å². The summed E-state index contributed by atoms with van der Waals surface area (Å²) in [6.07, 6.45) is 0.823. The minimum atomic E-state index is -1.17. The van der Waals surface area contributed by atoms with E-state index in [2.05, 4.69) is 4.99 Å². The van der Waals surface area contributed by atoms with Gasteiger partial charge in [-0.1, -0.05) is 0 Å². The Hall–Kier alpha value is -3.31. The number of carbonyl (C=O) groups is 1. The monoisotopic (exact) mass is 503 g/mol. The zero-order chi connectivity index (χ0) is 26.3. The predicted octanol–water partition coefficient (Wildman–Crippen LogP) is 1.40. The molecule has 0 spiro atoms. The normalized spacial score (nSPS) is 24.0. The van der Waals surface area contributed by atoms with Crippen molar-refractivity contribution in [1.29, 1.82) is 0 Å². The van der Waals surface area contributed by atoms with Crippen LogP contribution in [0.25, 0.3) is 11.0 Å². The maximum absolute atomic E-state index is 13.4. The van der Waals surface area contributed by atoms with E-state index in [1.807, 2.05) is 0 Å². The van der Waals surface area contributed by atoms with Crippen molar-refractivity contribution in [2.45, 2.75) is 76.3 Å². The number of aliphatic hydroxyl groups excluding tert-OH is 1. The number of rotatable bonds is 9. The van der Waals surface area contributed by atoms with E-state index in [0.717, 1.165) is 0 Å². The highest BCUT2D eigenvalue weighted by Crippen LogP contribution is 2.47. The number of aryl methyl sites for hydroxylation is 1. The molecule has 2 aliphatic rings. The number of esters is 1. The Morgan fingerprint density at radius 2 is 2.03 bits per heavy atom. The van der Waals surface area contributed by atoms with E-state index in [1.54, 1.807) is 26.8 Å². The summed E-state index contributed by atoms with van der Waals surface area (Å²) < 4.78 is 23.5. The number of phenols is 1. The maximum atomic E-state index is 13.4. The SMILES string of the molecule is Cc1cc(=O)c2c(O)c3c(cc2o1)OC(C)(C)[C@H](OC(=O)[C@]1(CCCO)O[C@@H]1CCCN=C(N)N)C3. The van der Waals surface area contributed by atoms with Gasteiger partial charge in [-0.2, -0.15) is 0 Å². The van der Waals surface area contributed by atoms with Gasteiger partial charge in [0.05, 0.1) is 6.10 Å². The average molecular weight is 504 g/mol. The van der Waals surface area contributed by atoms with Gasteiger partial charge in [0.1, 0.15) is 39.9 Å². The zero-order valence-electron chi connectivity index (χ0n) is 20.7.